The number of para-hydroxylation sites is 1. The molecule has 1 N–H and O–H groups in total. The number of methoxy groups -OCH3 is 1. The minimum absolute atomic E-state index is 0.254. The fraction of sp³-hybridized carbons (Fsp3) is 0.375. The molecule has 1 aromatic heterocycles. The van der Waals surface area contributed by atoms with Crippen molar-refractivity contribution in [1.82, 2.24) is 15.1 Å². The second-order valence-corrected chi connectivity index (χ2v) is 4.99. The number of aryl methyl sites for hydroxylation is 1. The number of halogens is 1. The highest BCUT2D eigenvalue weighted by atomic mass is 19.1. The lowest BCUT2D eigenvalue weighted by atomic mass is 10.3. The quantitative estimate of drug-likeness (QED) is 0.800. The van der Waals surface area contributed by atoms with Crippen LogP contribution in [0.1, 0.15) is 29.0 Å². The van der Waals surface area contributed by atoms with Crippen LogP contribution >= 0.6 is 0 Å². The van der Waals surface area contributed by atoms with E-state index in [1.807, 2.05) is 0 Å². The van der Waals surface area contributed by atoms with Crippen molar-refractivity contribution in [3.63, 3.8) is 0 Å². The van der Waals surface area contributed by atoms with Gasteiger partial charge in [0.15, 0.2) is 5.69 Å². The van der Waals surface area contributed by atoms with E-state index < -0.39 is 0 Å². The highest BCUT2D eigenvalue weighted by Gasteiger charge is 2.14. The largest absolute Gasteiger partial charge is 0.385 e. The third kappa shape index (κ3) is 3.92. The molecule has 0 saturated carbocycles. The second-order valence-electron chi connectivity index (χ2n) is 4.99. The molecule has 22 heavy (non-hydrogen) atoms. The Morgan fingerprint density at radius 1 is 1.36 bits per heavy atom. The number of carbonyl (C=O) groups excluding carboxylic acids is 1. The highest BCUT2D eigenvalue weighted by Crippen LogP contribution is 2.15. The third-order valence-corrected chi connectivity index (χ3v) is 3.26. The van der Waals surface area contributed by atoms with Crippen molar-refractivity contribution < 1.29 is 13.9 Å². The first kappa shape index (κ1) is 16.2. The van der Waals surface area contributed by atoms with Crippen LogP contribution in [-0.2, 0) is 4.74 Å². The van der Waals surface area contributed by atoms with E-state index in [4.69, 9.17) is 4.74 Å². The van der Waals surface area contributed by atoms with Crippen molar-refractivity contribution in [2.45, 2.75) is 19.8 Å². The number of ether oxygens (including phenoxy) is 1. The summed E-state index contributed by atoms with van der Waals surface area (Å²) in [5.41, 5.74) is 1.32. The number of aromatic nitrogens is 2. The van der Waals surface area contributed by atoms with Gasteiger partial charge in [-0.15, -0.1) is 0 Å². The van der Waals surface area contributed by atoms with Gasteiger partial charge in [-0.2, -0.15) is 5.10 Å². The smallest absolute Gasteiger partial charge is 0.271 e. The molecule has 2 aromatic rings. The molecule has 1 amide bonds. The molecule has 0 aliphatic heterocycles. The first-order chi connectivity index (χ1) is 10.6. The summed E-state index contributed by atoms with van der Waals surface area (Å²) < 4.78 is 20.2. The summed E-state index contributed by atoms with van der Waals surface area (Å²) in [7, 11) is 1.65. The summed E-state index contributed by atoms with van der Waals surface area (Å²) >= 11 is 0. The van der Waals surface area contributed by atoms with Crippen LogP contribution in [-0.4, -0.2) is 35.9 Å². The lowest BCUT2D eigenvalue weighted by molar-refractivity contribution is 0.0946. The Hall–Kier alpha value is -2.21. The Balaban J connectivity index is 2.03. The topological polar surface area (TPSA) is 56.1 Å². The molecule has 2 rings (SSSR count). The highest BCUT2D eigenvalue weighted by molar-refractivity contribution is 5.92. The average Bonchev–Trinajstić information content (AvgIpc) is 2.89. The minimum Gasteiger partial charge on any atom is -0.385 e. The fourth-order valence-electron chi connectivity index (χ4n) is 2.12. The third-order valence-electron chi connectivity index (χ3n) is 3.26. The van der Waals surface area contributed by atoms with Gasteiger partial charge in [0.25, 0.3) is 5.91 Å². The van der Waals surface area contributed by atoms with E-state index in [1.54, 1.807) is 38.3 Å². The zero-order valence-corrected chi connectivity index (χ0v) is 12.8. The average molecular weight is 305 g/mol. The SMILES string of the molecule is COCCCCNC(=O)c1cc(C)n(-c2ccccc2F)n1. The van der Waals surface area contributed by atoms with Gasteiger partial charge in [-0.25, -0.2) is 9.07 Å². The zero-order valence-electron chi connectivity index (χ0n) is 12.8. The Bertz CT molecular complexity index is 640. The second kappa shape index (κ2) is 7.70. The first-order valence-electron chi connectivity index (χ1n) is 7.22. The van der Waals surface area contributed by atoms with Gasteiger partial charge in [-0.3, -0.25) is 4.79 Å². The molecular formula is C16H20FN3O2. The molecule has 0 saturated heterocycles. The van der Waals surface area contributed by atoms with Gasteiger partial charge < -0.3 is 10.1 Å². The van der Waals surface area contributed by atoms with Gasteiger partial charge in [0.05, 0.1) is 0 Å². The van der Waals surface area contributed by atoms with Crippen molar-refractivity contribution in [3.05, 3.63) is 47.5 Å². The van der Waals surface area contributed by atoms with Crippen LogP contribution in [0.25, 0.3) is 5.69 Å². The fourth-order valence-corrected chi connectivity index (χ4v) is 2.12. The summed E-state index contributed by atoms with van der Waals surface area (Å²) in [4.78, 5) is 12.0. The van der Waals surface area contributed by atoms with E-state index in [0.29, 0.717) is 24.5 Å². The van der Waals surface area contributed by atoms with Crippen LogP contribution in [0, 0.1) is 12.7 Å². The molecular weight excluding hydrogens is 285 g/mol. The van der Waals surface area contributed by atoms with Gasteiger partial charge in [0.2, 0.25) is 0 Å². The van der Waals surface area contributed by atoms with Gasteiger partial charge in [0.1, 0.15) is 11.5 Å². The zero-order chi connectivity index (χ0) is 15.9. The number of nitrogens with zero attached hydrogens (tertiary/aromatic N) is 2. The molecule has 0 aliphatic carbocycles. The number of nitrogens with one attached hydrogen (secondary N) is 1. The lowest BCUT2D eigenvalue weighted by Gasteiger charge is -2.05. The van der Waals surface area contributed by atoms with E-state index in [0.717, 1.165) is 12.8 Å². The maximum atomic E-state index is 13.8. The lowest BCUT2D eigenvalue weighted by Crippen LogP contribution is -2.25. The van der Waals surface area contributed by atoms with Crippen molar-refractivity contribution >= 4 is 5.91 Å². The number of rotatable bonds is 7. The van der Waals surface area contributed by atoms with E-state index in [9.17, 15) is 9.18 Å². The Morgan fingerprint density at radius 2 is 2.14 bits per heavy atom. The summed E-state index contributed by atoms with van der Waals surface area (Å²) in [5.74, 6) is -0.629. The van der Waals surface area contributed by atoms with Crippen molar-refractivity contribution in [2.75, 3.05) is 20.3 Å². The molecule has 6 heteroatoms. The predicted molar refractivity (Wildman–Crippen MR) is 81.7 cm³/mol. The summed E-state index contributed by atoms with van der Waals surface area (Å²) in [5, 5.41) is 7.00. The first-order valence-corrected chi connectivity index (χ1v) is 7.22. The van der Waals surface area contributed by atoms with E-state index in [-0.39, 0.29) is 17.4 Å². The number of carbonyl (C=O) groups is 1. The van der Waals surface area contributed by atoms with Crippen molar-refractivity contribution in [2.24, 2.45) is 0 Å². The molecule has 0 spiro atoms. The number of unbranched alkanes of at least 4 members (excludes halogenated alkanes) is 1. The van der Waals surface area contributed by atoms with Crippen LogP contribution in [0.3, 0.4) is 0 Å². The number of hydrogen-bond donors (Lipinski definition) is 1. The number of amides is 1. The monoisotopic (exact) mass is 305 g/mol. The molecule has 118 valence electrons. The number of hydrogen-bond acceptors (Lipinski definition) is 3. The Kier molecular flexibility index (Phi) is 5.66. The molecule has 5 nitrogen and oxygen atoms in total. The standard InChI is InChI=1S/C16H20FN3O2/c1-12-11-14(16(21)18-9-5-6-10-22-2)19-20(12)15-8-4-3-7-13(15)17/h3-4,7-8,11H,5-6,9-10H2,1-2H3,(H,18,21). The summed E-state index contributed by atoms with van der Waals surface area (Å²) in [6, 6.07) is 7.99. The van der Waals surface area contributed by atoms with E-state index in [1.165, 1.54) is 10.7 Å². The Labute approximate surface area is 129 Å². The van der Waals surface area contributed by atoms with Gasteiger partial charge in [-0.1, -0.05) is 12.1 Å². The molecule has 0 radical (unpaired) electrons. The normalized spacial score (nSPS) is 10.7. The van der Waals surface area contributed by atoms with E-state index >= 15 is 0 Å². The summed E-state index contributed by atoms with van der Waals surface area (Å²) in [6.45, 7) is 3.03. The minimum atomic E-state index is -0.375. The predicted octanol–water partition coefficient (Wildman–Crippen LogP) is 2.48. The molecule has 0 fully saturated rings. The van der Waals surface area contributed by atoms with Gasteiger partial charge in [-0.05, 0) is 38.0 Å². The maximum Gasteiger partial charge on any atom is 0.271 e. The number of benzene rings is 1. The van der Waals surface area contributed by atoms with Crippen LogP contribution in [0.2, 0.25) is 0 Å². The molecule has 0 unspecified atom stereocenters. The molecule has 0 aliphatic rings. The molecule has 0 atom stereocenters. The van der Waals surface area contributed by atoms with Crippen molar-refractivity contribution in [1.29, 1.82) is 0 Å². The Morgan fingerprint density at radius 3 is 2.86 bits per heavy atom. The molecule has 1 heterocycles. The van der Waals surface area contributed by atoms with Crippen LogP contribution in [0.4, 0.5) is 4.39 Å². The van der Waals surface area contributed by atoms with Crippen molar-refractivity contribution in [3.8, 4) is 5.69 Å². The van der Waals surface area contributed by atoms with Crippen LogP contribution in [0.5, 0.6) is 0 Å². The van der Waals surface area contributed by atoms with Gasteiger partial charge >= 0.3 is 0 Å². The van der Waals surface area contributed by atoms with E-state index in [2.05, 4.69) is 10.4 Å². The van der Waals surface area contributed by atoms with Crippen LogP contribution in [0.15, 0.2) is 30.3 Å². The molecule has 0 bridgehead atoms. The maximum absolute atomic E-state index is 13.8. The summed E-state index contributed by atoms with van der Waals surface area (Å²) in [6.07, 6.45) is 1.73. The van der Waals surface area contributed by atoms with Crippen LogP contribution < -0.4 is 5.32 Å². The van der Waals surface area contributed by atoms with Gasteiger partial charge in [0, 0.05) is 26.0 Å². The molecule has 1 aromatic carbocycles.